The van der Waals surface area contributed by atoms with Crippen LogP contribution in [0.4, 0.5) is 11.4 Å². The van der Waals surface area contributed by atoms with Crippen LogP contribution in [0.5, 0.6) is 5.75 Å². The number of anilines is 2. The molecule has 0 fully saturated rings. The number of para-hydroxylation sites is 3. The van der Waals surface area contributed by atoms with E-state index in [-0.39, 0.29) is 5.57 Å². The van der Waals surface area contributed by atoms with Gasteiger partial charge in [0.25, 0.3) is 5.91 Å². The van der Waals surface area contributed by atoms with Crippen molar-refractivity contribution in [3.8, 4) is 11.8 Å². The lowest BCUT2D eigenvalue weighted by atomic mass is 10.2. The Morgan fingerprint density at radius 3 is 2.48 bits per heavy atom. The molecule has 5 nitrogen and oxygen atoms in total. The molecule has 2 rings (SSSR count). The molecule has 0 atom stereocenters. The standard InChI is InChI=1S/C17H14BrN3O2/c1-23-16-9-5-4-8-15(16)21-17(22)12(10-19)11-20-14-7-3-2-6-13(14)18/h2-9,11,20H,1H3,(H,21,22)/b12-11-. The number of halogens is 1. The van der Waals surface area contributed by atoms with E-state index in [2.05, 4.69) is 26.6 Å². The minimum atomic E-state index is -0.517. The normalized spacial score (nSPS) is 10.6. The summed E-state index contributed by atoms with van der Waals surface area (Å²) in [5.41, 5.74) is 1.21. The molecule has 2 N–H and O–H groups in total. The van der Waals surface area contributed by atoms with E-state index >= 15 is 0 Å². The summed E-state index contributed by atoms with van der Waals surface area (Å²) in [6.45, 7) is 0. The summed E-state index contributed by atoms with van der Waals surface area (Å²) in [4.78, 5) is 12.2. The molecule has 116 valence electrons. The molecule has 2 aromatic rings. The molecule has 6 heteroatoms. The van der Waals surface area contributed by atoms with Gasteiger partial charge in [0.1, 0.15) is 17.4 Å². The Labute approximate surface area is 142 Å². The maximum absolute atomic E-state index is 12.2. The molecule has 0 bridgehead atoms. The van der Waals surface area contributed by atoms with Crippen molar-refractivity contribution in [3.63, 3.8) is 0 Å². The van der Waals surface area contributed by atoms with E-state index in [1.807, 2.05) is 30.3 Å². The largest absolute Gasteiger partial charge is 0.495 e. The van der Waals surface area contributed by atoms with Crippen molar-refractivity contribution in [1.29, 1.82) is 5.26 Å². The second-order valence-corrected chi connectivity index (χ2v) is 5.30. The zero-order chi connectivity index (χ0) is 16.7. The average Bonchev–Trinajstić information content (AvgIpc) is 2.57. The average molecular weight is 372 g/mol. The van der Waals surface area contributed by atoms with Gasteiger partial charge < -0.3 is 15.4 Å². The van der Waals surface area contributed by atoms with Gasteiger partial charge in [-0.1, -0.05) is 24.3 Å². The molecule has 0 aliphatic rings. The Morgan fingerprint density at radius 1 is 1.17 bits per heavy atom. The lowest BCUT2D eigenvalue weighted by Crippen LogP contribution is -2.15. The van der Waals surface area contributed by atoms with Crippen molar-refractivity contribution >= 4 is 33.2 Å². The molecule has 0 heterocycles. The molecule has 23 heavy (non-hydrogen) atoms. The fraction of sp³-hybridized carbons (Fsp3) is 0.0588. The molecule has 1 amide bonds. The maximum atomic E-state index is 12.2. The molecule has 0 saturated heterocycles. The van der Waals surface area contributed by atoms with Crippen LogP contribution >= 0.6 is 15.9 Å². The van der Waals surface area contributed by atoms with E-state index in [9.17, 15) is 10.1 Å². The van der Waals surface area contributed by atoms with E-state index in [0.29, 0.717) is 11.4 Å². The Bertz CT molecular complexity index is 781. The van der Waals surface area contributed by atoms with Gasteiger partial charge in [0.15, 0.2) is 0 Å². The fourth-order valence-electron chi connectivity index (χ4n) is 1.81. The number of hydrogen-bond donors (Lipinski definition) is 2. The van der Waals surface area contributed by atoms with Crippen molar-refractivity contribution in [2.75, 3.05) is 17.7 Å². The first-order valence-corrected chi connectivity index (χ1v) is 7.50. The SMILES string of the molecule is COc1ccccc1NC(=O)/C(C#N)=C\Nc1ccccc1Br. The van der Waals surface area contributed by atoms with Crippen LogP contribution in [0.1, 0.15) is 0 Å². The van der Waals surface area contributed by atoms with Crippen LogP contribution < -0.4 is 15.4 Å². The lowest BCUT2D eigenvalue weighted by molar-refractivity contribution is -0.112. The van der Waals surface area contributed by atoms with Crippen LogP contribution in [0.15, 0.2) is 64.8 Å². The summed E-state index contributed by atoms with van der Waals surface area (Å²) in [6, 6.07) is 16.3. The van der Waals surface area contributed by atoms with Gasteiger partial charge in [-0.15, -0.1) is 0 Å². The van der Waals surface area contributed by atoms with Gasteiger partial charge in [0, 0.05) is 10.7 Å². The van der Waals surface area contributed by atoms with E-state index in [0.717, 1.165) is 10.2 Å². The topological polar surface area (TPSA) is 74.1 Å². The highest BCUT2D eigenvalue weighted by molar-refractivity contribution is 9.10. The van der Waals surface area contributed by atoms with Crippen molar-refractivity contribution in [1.82, 2.24) is 0 Å². The zero-order valence-corrected chi connectivity index (χ0v) is 13.9. The Hall–Kier alpha value is -2.78. The van der Waals surface area contributed by atoms with Crippen molar-refractivity contribution < 1.29 is 9.53 Å². The molecule has 2 aromatic carbocycles. The number of rotatable bonds is 5. The molecule has 0 aliphatic carbocycles. The Morgan fingerprint density at radius 2 is 1.83 bits per heavy atom. The highest BCUT2D eigenvalue weighted by Crippen LogP contribution is 2.24. The lowest BCUT2D eigenvalue weighted by Gasteiger charge is -2.09. The number of nitriles is 1. The van der Waals surface area contributed by atoms with Crippen LogP contribution in [0.3, 0.4) is 0 Å². The highest BCUT2D eigenvalue weighted by atomic mass is 79.9. The Kier molecular flexibility index (Phi) is 5.78. The maximum Gasteiger partial charge on any atom is 0.267 e. The number of nitrogens with zero attached hydrogens (tertiary/aromatic N) is 1. The fourth-order valence-corrected chi connectivity index (χ4v) is 2.21. The first-order chi connectivity index (χ1) is 11.2. The summed E-state index contributed by atoms with van der Waals surface area (Å²) < 4.78 is 6.00. The van der Waals surface area contributed by atoms with Gasteiger partial charge in [-0.05, 0) is 40.2 Å². The second-order valence-electron chi connectivity index (χ2n) is 4.45. The van der Waals surface area contributed by atoms with Gasteiger partial charge in [0.2, 0.25) is 0 Å². The monoisotopic (exact) mass is 371 g/mol. The van der Waals surface area contributed by atoms with E-state index in [4.69, 9.17) is 4.74 Å². The van der Waals surface area contributed by atoms with Gasteiger partial charge in [0.05, 0.1) is 18.5 Å². The number of carbonyl (C=O) groups excluding carboxylic acids is 1. The third-order valence-corrected chi connectivity index (χ3v) is 3.66. The number of amides is 1. The van der Waals surface area contributed by atoms with E-state index < -0.39 is 5.91 Å². The first kappa shape index (κ1) is 16.6. The summed E-state index contributed by atoms with van der Waals surface area (Å²) in [5, 5.41) is 14.8. The summed E-state index contributed by atoms with van der Waals surface area (Å²) >= 11 is 3.39. The van der Waals surface area contributed by atoms with Gasteiger partial charge in [-0.2, -0.15) is 5.26 Å². The van der Waals surface area contributed by atoms with Gasteiger partial charge in [-0.25, -0.2) is 0 Å². The quantitative estimate of drug-likeness (QED) is 0.616. The Balaban J connectivity index is 2.14. The first-order valence-electron chi connectivity index (χ1n) is 6.71. The number of ether oxygens (including phenoxy) is 1. The van der Waals surface area contributed by atoms with Crippen LogP contribution in [-0.4, -0.2) is 13.0 Å². The smallest absolute Gasteiger partial charge is 0.267 e. The second kappa shape index (κ2) is 8.01. The molecular weight excluding hydrogens is 358 g/mol. The number of nitrogens with one attached hydrogen (secondary N) is 2. The van der Waals surface area contributed by atoms with Crippen molar-refractivity contribution in [2.24, 2.45) is 0 Å². The van der Waals surface area contributed by atoms with Crippen LogP contribution in [-0.2, 0) is 4.79 Å². The highest BCUT2D eigenvalue weighted by Gasteiger charge is 2.12. The van der Waals surface area contributed by atoms with Gasteiger partial charge >= 0.3 is 0 Å². The van der Waals surface area contributed by atoms with Crippen LogP contribution in [0.2, 0.25) is 0 Å². The van der Waals surface area contributed by atoms with E-state index in [1.54, 1.807) is 24.3 Å². The molecule has 0 spiro atoms. The predicted molar refractivity (Wildman–Crippen MR) is 93.1 cm³/mol. The molecule has 0 radical (unpaired) electrons. The van der Waals surface area contributed by atoms with Crippen molar-refractivity contribution in [2.45, 2.75) is 0 Å². The van der Waals surface area contributed by atoms with Crippen molar-refractivity contribution in [3.05, 3.63) is 64.8 Å². The predicted octanol–water partition coefficient (Wildman–Crippen LogP) is 3.92. The summed E-state index contributed by atoms with van der Waals surface area (Å²) in [7, 11) is 1.51. The summed E-state index contributed by atoms with van der Waals surface area (Å²) in [5.74, 6) is 0.00783. The molecule has 0 unspecified atom stereocenters. The van der Waals surface area contributed by atoms with Gasteiger partial charge in [-0.3, -0.25) is 4.79 Å². The molecule has 0 aromatic heterocycles. The third kappa shape index (κ3) is 4.34. The molecule has 0 saturated carbocycles. The van der Waals surface area contributed by atoms with E-state index in [1.165, 1.54) is 13.3 Å². The van der Waals surface area contributed by atoms with Crippen LogP contribution in [0, 0.1) is 11.3 Å². The zero-order valence-electron chi connectivity index (χ0n) is 12.3. The molecular formula is C17H14BrN3O2. The summed E-state index contributed by atoms with van der Waals surface area (Å²) in [6.07, 6.45) is 1.37. The number of carbonyl (C=O) groups is 1. The number of methoxy groups -OCH3 is 1. The minimum absolute atomic E-state index is 0.0494. The third-order valence-electron chi connectivity index (χ3n) is 2.97. The number of hydrogen-bond acceptors (Lipinski definition) is 4. The number of benzene rings is 2. The minimum Gasteiger partial charge on any atom is -0.495 e. The molecule has 0 aliphatic heterocycles. The van der Waals surface area contributed by atoms with Crippen LogP contribution in [0.25, 0.3) is 0 Å².